The standard InChI is InChI=1S/C11H16N6OS/c1-2-12-11-16-15-10(19-11)9(18)13-5-3-7-17-8-4-6-14-17/h4,6,8H,2-3,5,7H2,1H3,(H,12,16)(H,13,18). The third kappa shape index (κ3) is 4.02. The highest BCUT2D eigenvalue weighted by atomic mass is 32.1. The summed E-state index contributed by atoms with van der Waals surface area (Å²) < 4.78 is 1.83. The zero-order valence-electron chi connectivity index (χ0n) is 10.7. The van der Waals surface area contributed by atoms with Crippen molar-refractivity contribution in [3.63, 3.8) is 0 Å². The lowest BCUT2D eigenvalue weighted by Crippen LogP contribution is -2.25. The predicted octanol–water partition coefficient (Wildman–Crippen LogP) is 0.986. The molecule has 1 amide bonds. The van der Waals surface area contributed by atoms with E-state index in [1.165, 1.54) is 11.3 Å². The lowest BCUT2D eigenvalue weighted by molar-refractivity contribution is 0.0951. The zero-order chi connectivity index (χ0) is 13.5. The average molecular weight is 280 g/mol. The van der Waals surface area contributed by atoms with E-state index in [1.54, 1.807) is 6.20 Å². The van der Waals surface area contributed by atoms with Crippen LogP contribution in [-0.4, -0.2) is 39.0 Å². The topological polar surface area (TPSA) is 84.7 Å². The SMILES string of the molecule is CCNc1nnc(C(=O)NCCCn2cccn2)s1. The molecule has 0 aliphatic heterocycles. The van der Waals surface area contributed by atoms with E-state index in [0.29, 0.717) is 16.7 Å². The van der Waals surface area contributed by atoms with Crippen LogP contribution >= 0.6 is 11.3 Å². The first-order valence-electron chi connectivity index (χ1n) is 6.12. The van der Waals surface area contributed by atoms with Crippen molar-refractivity contribution in [1.29, 1.82) is 0 Å². The Morgan fingerprint density at radius 1 is 1.47 bits per heavy atom. The van der Waals surface area contributed by atoms with Crippen molar-refractivity contribution in [3.05, 3.63) is 23.5 Å². The highest BCUT2D eigenvalue weighted by molar-refractivity contribution is 7.17. The van der Waals surface area contributed by atoms with E-state index in [0.717, 1.165) is 19.5 Å². The molecule has 0 aromatic carbocycles. The fraction of sp³-hybridized carbons (Fsp3) is 0.455. The number of nitrogens with one attached hydrogen (secondary N) is 2. The van der Waals surface area contributed by atoms with E-state index in [4.69, 9.17) is 0 Å². The second-order valence-electron chi connectivity index (χ2n) is 3.82. The fourth-order valence-corrected chi connectivity index (χ4v) is 2.22. The van der Waals surface area contributed by atoms with Crippen LogP contribution in [0.1, 0.15) is 23.1 Å². The number of rotatable bonds is 7. The molecule has 2 rings (SSSR count). The highest BCUT2D eigenvalue weighted by Crippen LogP contribution is 2.14. The quantitative estimate of drug-likeness (QED) is 0.739. The first-order valence-corrected chi connectivity index (χ1v) is 6.94. The number of carbonyl (C=O) groups excluding carboxylic acids is 1. The first kappa shape index (κ1) is 13.5. The molecule has 2 aromatic heterocycles. The van der Waals surface area contributed by atoms with Crippen LogP contribution in [0.3, 0.4) is 0 Å². The van der Waals surface area contributed by atoms with Crippen molar-refractivity contribution in [2.45, 2.75) is 19.9 Å². The molecule has 0 saturated heterocycles. The summed E-state index contributed by atoms with van der Waals surface area (Å²) in [5.74, 6) is -0.179. The summed E-state index contributed by atoms with van der Waals surface area (Å²) in [4.78, 5) is 11.8. The Bertz CT molecular complexity index is 509. The molecule has 7 nitrogen and oxygen atoms in total. The van der Waals surface area contributed by atoms with Gasteiger partial charge < -0.3 is 10.6 Å². The van der Waals surface area contributed by atoms with Crippen molar-refractivity contribution in [1.82, 2.24) is 25.3 Å². The summed E-state index contributed by atoms with van der Waals surface area (Å²) in [6, 6.07) is 1.88. The average Bonchev–Trinajstić information content (AvgIpc) is 3.06. The second-order valence-corrected chi connectivity index (χ2v) is 4.80. The maximum atomic E-state index is 11.8. The van der Waals surface area contributed by atoms with Gasteiger partial charge in [-0.05, 0) is 19.4 Å². The number of hydrogen-bond acceptors (Lipinski definition) is 6. The number of amides is 1. The van der Waals surface area contributed by atoms with E-state index >= 15 is 0 Å². The molecular formula is C11H16N6OS. The van der Waals surface area contributed by atoms with Crippen LogP contribution in [0.2, 0.25) is 0 Å². The molecule has 0 unspecified atom stereocenters. The Kier molecular flexibility index (Phi) is 4.85. The van der Waals surface area contributed by atoms with Crippen LogP contribution in [0.25, 0.3) is 0 Å². The number of anilines is 1. The van der Waals surface area contributed by atoms with Crippen molar-refractivity contribution in [3.8, 4) is 0 Å². The molecule has 2 aromatic rings. The number of carbonyl (C=O) groups is 1. The minimum absolute atomic E-state index is 0.179. The van der Waals surface area contributed by atoms with E-state index in [1.807, 2.05) is 23.9 Å². The number of nitrogens with zero attached hydrogens (tertiary/aromatic N) is 4. The lowest BCUT2D eigenvalue weighted by atomic mass is 10.4. The highest BCUT2D eigenvalue weighted by Gasteiger charge is 2.11. The monoisotopic (exact) mass is 280 g/mol. The summed E-state index contributed by atoms with van der Waals surface area (Å²) in [6.07, 6.45) is 4.46. The Morgan fingerprint density at radius 2 is 2.37 bits per heavy atom. The second kappa shape index (κ2) is 6.83. The molecule has 19 heavy (non-hydrogen) atoms. The molecule has 0 aliphatic rings. The minimum Gasteiger partial charge on any atom is -0.360 e. The Balaban J connectivity index is 1.71. The zero-order valence-corrected chi connectivity index (χ0v) is 11.5. The Labute approximate surface area is 115 Å². The first-order chi connectivity index (χ1) is 9.29. The molecule has 102 valence electrons. The van der Waals surface area contributed by atoms with Crippen LogP contribution in [-0.2, 0) is 6.54 Å². The van der Waals surface area contributed by atoms with E-state index in [2.05, 4.69) is 25.9 Å². The van der Waals surface area contributed by atoms with Crippen molar-refractivity contribution < 1.29 is 4.79 Å². The predicted molar refractivity (Wildman–Crippen MR) is 73.2 cm³/mol. The van der Waals surface area contributed by atoms with Gasteiger partial charge in [-0.2, -0.15) is 5.10 Å². The molecule has 0 bridgehead atoms. The van der Waals surface area contributed by atoms with Crippen LogP contribution < -0.4 is 10.6 Å². The van der Waals surface area contributed by atoms with Crippen molar-refractivity contribution in [2.24, 2.45) is 0 Å². The molecule has 0 radical (unpaired) electrons. The molecule has 0 atom stereocenters. The van der Waals surface area contributed by atoms with Gasteiger partial charge in [-0.15, -0.1) is 10.2 Å². The maximum absolute atomic E-state index is 11.8. The van der Waals surface area contributed by atoms with Gasteiger partial charge in [-0.1, -0.05) is 11.3 Å². The molecule has 0 aliphatic carbocycles. The summed E-state index contributed by atoms with van der Waals surface area (Å²) in [5, 5.41) is 18.7. The summed E-state index contributed by atoms with van der Waals surface area (Å²) in [5.41, 5.74) is 0. The molecule has 0 spiro atoms. The van der Waals surface area contributed by atoms with Gasteiger partial charge in [0.15, 0.2) is 0 Å². The molecule has 0 saturated carbocycles. The van der Waals surface area contributed by atoms with E-state index in [-0.39, 0.29) is 5.91 Å². The third-order valence-electron chi connectivity index (χ3n) is 2.36. The summed E-state index contributed by atoms with van der Waals surface area (Å²) in [6.45, 7) is 4.11. The molecular weight excluding hydrogens is 264 g/mol. The van der Waals surface area contributed by atoms with Crippen LogP contribution in [0.4, 0.5) is 5.13 Å². The van der Waals surface area contributed by atoms with Gasteiger partial charge in [0, 0.05) is 32.0 Å². The van der Waals surface area contributed by atoms with Crippen molar-refractivity contribution >= 4 is 22.4 Å². The van der Waals surface area contributed by atoms with Crippen molar-refractivity contribution in [2.75, 3.05) is 18.4 Å². The van der Waals surface area contributed by atoms with Crippen LogP contribution in [0.15, 0.2) is 18.5 Å². The largest absolute Gasteiger partial charge is 0.360 e. The Hall–Kier alpha value is -1.96. The number of aryl methyl sites for hydroxylation is 1. The normalized spacial score (nSPS) is 10.4. The molecule has 2 heterocycles. The van der Waals surface area contributed by atoms with E-state index < -0.39 is 0 Å². The lowest BCUT2D eigenvalue weighted by Gasteiger charge is -2.03. The minimum atomic E-state index is -0.179. The van der Waals surface area contributed by atoms with Gasteiger partial charge in [0.25, 0.3) is 5.91 Å². The molecule has 8 heteroatoms. The van der Waals surface area contributed by atoms with Gasteiger partial charge in [-0.25, -0.2) is 0 Å². The Morgan fingerprint density at radius 3 is 3.11 bits per heavy atom. The van der Waals surface area contributed by atoms with Gasteiger partial charge in [0.1, 0.15) is 0 Å². The van der Waals surface area contributed by atoms with Gasteiger partial charge in [0.2, 0.25) is 10.1 Å². The number of aromatic nitrogens is 4. The smallest absolute Gasteiger partial charge is 0.282 e. The summed E-state index contributed by atoms with van der Waals surface area (Å²) >= 11 is 1.26. The van der Waals surface area contributed by atoms with Gasteiger partial charge >= 0.3 is 0 Å². The van der Waals surface area contributed by atoms with E-state index in [9.17, 15) is 4.79 Å². The van der Waals surface area contributed by atoms with Gasteiger partial charge in [0.05, 0.1) is 0 Å². The molecule has 0 fully saturated rings. The number of hydrogen-bond donors (Lipinski definition) is 2. The van der Waals surface area contributed by atoms with Gasteiger partial charge in [-0.3, -0.25) is 9.48 Å². The maximum Gasteiger partial charge on any atom is 0.282 e. The summed E-state index contributed by atoms with van der Waals surface area (Å²) in [7, 11) is 0. The van der Waals surface area contributed by atoms with Crippen LogP contribution in [0, 0.1) is 0 Å². The third-order valence-corrected chi connectivity index (χ3v) is 3.24. The fourth-order valence-electron chi connectivity index (χ4n) is 1.49. The molecule has 2 N–H and O–H groups in total. The van der Waals surface area contributed by atoms with Crippen LogP contribution in [0.5, 0.6) is 0 Å².